The zero-order chi connectivity index (χ0) is 9.97. The van der Waals surface area contributed by atoms with Crippen molar-refractivity contribution in [1.82, 2.24) is 10.2 Å². The summed E-state index contributed by atoms with van der Waals surface area (Å²) >= 11 is 1.85. The standard InChI is InChI=1S/C11H18N2S/c1-9(11-4-3-5-14-11)13(2)8-10-6-12-7-10/h3-5,9-10,12H,6-8H2,1-2H3. The van der Waals surface area contributed by atoms with Crippen molar-refractivity contribution >= 4 is 11.3 Å². The molecule has 1 fully saturated rings. The zero-order valence-electron chi connectivity index (χ0n) is 8.86. The van der Waals surface area contributed by atoms with Gasteiger partial charge in [-0.05, 0) is 31.3 Å². The molecule has 0 aliphatic carbocycles. The van der Waals surface area contributed by atoms with E-state index >= 15 is 0 Å². The molecule has 1 N–H and O–H groups in total. The van der Waals surface area contributed by atoms with Crippen molar-refractivity contribution in [3.05, 3.63) is 22.4 Å². The molecule has 1 aromatic rings. The van der Waals surface area contributed by atoms with Crippen LogP contribution in [0.1, 0.15) is 17.8 Å². The second kappa shape index (κ2) is 4.43. The van der Waals surface area contributed by atoms with E-state index < -0.39 is 0 Å². The molecule has 2 heterocycles. The molecule has 14 heavy (non-hydrogen) atoms. The van der Waals surface area contributed by atoms with Crippen LogP contribution in [0.25, 0.3) is 0 Å². The van der Waals surface area contributed by atoms with Crippen LogP contribution in [-0.2, 0) is 0 Å². The minimum Gasteiger partial charge on any atom is -0.316 e. The number of rotatable bonds is 4. The van der Waals surface area contributed by atoms with Crippen LogP contribution >= 0.6 is 11.3 Å². The van der Waals surface area contributed by atoms with Crippen LogP contribution in [0.3, 0.4) is 0 Å². The molecule has 0 bridgehead atoms. The van der Waals surface area contributed by atoms with E-state index in [1.54, 1.807) is 0 Å². The molecule has 78 valence electrons. The van der Waals surface area contributed by atoms with Gasteiger partial charge in [-0.15, -0.1) is 11.3 Å². The Labute approximate surface area is 89.9 Å². The first kappa shape index (κ1) is 10.1. The fraction of sp³-hybridized carbons (Fsp3) is 0.636. The predicted molar refractivity (Wildman–Crippen MR) is 61.7 cm³/mol. The molecular weight excluding hydrogens is 192 g/mol. The Kier molecular flexibility index (Phi) is 3.21. The third-order valence-electron chi connectivity index (χ3n) is 3.03. The normalized spacial score (nSPS) is 19.6. The van der Waals surface area contributed by atoms with Crippen molar-refractivity contribution in [2.24, 2.45) is 5.92 Å². The summed E-state index contributed by atoms with van der Waals surface area (Å²) < 4.78 is 0. The minimum atomic E-state index is 0.565. The third kappa shape index (κ3) is 2.16. The topological polar surface area (TPSA) is 15.3 Å². The highest BCUT2D eigenvalue weighted by Gasteiger charge is 2.21. The average Bonchev–Trinajstić information content (AvgIpc) is 2.62. The van der Waals surface area contributed by atoms with Gasteiger partial charge in [0.1, 0.15) is 0 Å². The van der Waals surface area contributed by atoms with E-state index in [1.807, 2.05) is 11.3 Å². The van der Waals surface area contributed by atoms with E-state index in [0.717, 1.165) is 5.92 Å². The molecule has 2 rings (SSSR count). The summed E-state index contributed by atoms with van der Waals surface area (Å²) in [6.45, 7) is 5.90. The van der Waals surface area contributed by atoms with Gasteiger partial charge in [-0.3, -0.25) is 4.90 Å². The molecule has 1 saturated heterocycles. The van der Waals surface area contributed by atoms with E-state index in [2.05, 4.69) is 41.7 Å². The molecule has 1 aromatic heterocycles. The largest absolute Gasteiger partial charge is 0.316 e. The summed E-state index contributed by atoms with van der Waals surface area (Å²) in [6, 6.07) is 4.93. The van der Waals surface area contributed by atoms with E-state index in [-0.39, 0.29) is 0 Å². The molecular formula is C11H18N2S. The molecule has 1 aliphatic heterocycles. The average molecular weight is 210 g/mol. The van der Waals surface area contributed by atoms with Crippen molar-refractivity contribution in [2.45, 2.75) is 13.0 Å². The van der Waals surface area contributed by atoms with Crippen LogP contribution in [0.2, 0.25) is 0 Å². The van der Waals surface area contributed by atoms with Crippen molar-refractivity contribution < 1.29 is 0 Å². The van der Waals surface area contributed by atoms with Crippen LogP contribution in [0.4, 0.5) is 0 Å². The predicted octanol–water partition coefficient (Wildman–Crippen LogP) is 1.96. The van der Waals surface area contributed by atoms with Crippen LogP contribution in [-0.4, -0.2) is 31.6 Å². The maximum Gasteiger partial charge on any atom is 0.0410 e. The second-order valence-electron chi connectivity index (χ2n) is 4.16. The second-order valence-corrected chi connectivity index (χ2v) is 5.13. The van der Waals surface area contributed by atoms with Gasteiger partial charge in [0.15, 0.2) is 0 Å². The highest BCUT2D eigenvalue weighted by molar-refractivity contribution is 7.10. The van der Waals surface area contributed by atoms with Gasteiger partial charge in [-0.1, -0.05) is 6.07 Å². The number of nitrogens with zero attached hydrogens (tertiary/aromatic N) is 1. The molecule has 1 atom stereocenters. The molecule has 0 radical (unpaired) electrons. The third-order valence-corrected chi connectivity index (χ3v) is 4.07. The Morgan fingerprint density at radius 1 is 1.64 bits per heavy atom. The lowest BCUT2D eigenvalue weighted by Crippen LogP contribution is -2.47. The molecule has 1 aliphatic rings. The maximum absolute atomic E-state index is 3.32. The van der Waals surface area contributed by atoms with Gasteiger partial charge in [-0.25, -0.2) is 0 Å². The van der Waals surface area contributed by atoms with Gasteiger partial charge in [0.25, 0.3) is 0 Å². The molecule has 0 amide bonds. The van der Waals surface area contributed by atoms with Crippen LogP contribution < -0.4 is 5.32 Å². The quantitative estimate of drug-likeness (QED) is 0.817. The summed E-state index contributed by atoms with van der Waals surface area (Å²) in [5.41, 5.74) is 0. The SMILES string of the molecule is CC(c1cccs1)N(C)CC1CNC1. The fourth-order valence-electron chi connectivity index (χ4n) is 1.79. The van der Waals surface area contributed by atoms with Gasteiger partial charge in [-0.2, -0.15) is 0 Å². The Morgan fingerprint density at radius 2 is 2.43 bits per heavy atom. The Balaban J connectivity index is 1.87. The van der Waals surface area contributed by atoms with Crippen LogP contribution in [0, 0.1) is 5.92 Å². The molecule has 1 unspecified atom stereocenters. The van der Waals surface area contributed by atoms with Gasteiger partial charge in [0.2, 0.25) is 0 Å². The van der Waals surface area contributed by atoms with E-state index in [9.17, 15) is 0 Å². The minimum absolute atomic E-state index is 0.565. The number of nitrogens with one attached hydrogen (secondary N) is 1. The fourth-order valence-corrected chi connectivity index (χ4v) is 2.64. The molecule has 0 aromatic carbocycles. The summed E-state index contributed by atoms with van der Waals surface area (Å²) in [4.78, 5) is 3.93. The molecule has 2 nitrogen and oxygen atoms in total. The highest BCUT2D eigenvalue weighted by Crippen LogP contribution is 2.24. The summed E-state index contributed by atoms with van der Waals surface area (Å²) in [5, 5.41) is 5.47. The first-order valence-corrected chi connectivity index (χ1v) is 6.09. The summed E-state index contributed by atoms with van der Waals surface area (Å²) in [5.74, 6) is 0.863. The zero-order valence-corrected chi connectivity index (χ0v) is 9.68. The molecule has 3 heteroatoms. The lowest BCUT2D eigenvalue weighted by atomic mass is 10.0. The Hall–Kier alpha value is -0.380. The number of hydrogen-bond acceptors (Lipinski definition) is 3. The lowest BCUT2D eigenvalue weighted by Gasteiger charge is -2.33. The monoisotopic (exact) mass is 210 g/mol. The van der Waals surface area contributed by atoms with Gasteiger partial charge in [0, 0.05) is 30.6 Å². The van der Waals surface area contributed by atoms with Crippen molar-refractivity contribution in [2.75, 3.05) is 26.7 Å². The first-order chi connectivity index (χ1) is 6.77. The van der Waals surface area contributed by atoms with Crippen molar-refractivity contribution in [3.8, 4) is 0 Å². The lowest BCUT2D eigenvalue weighted by molar-refractivity contribution is 0.186. The van der Waals surface area contributed by atoms with Gasteiger partial charge in [0.05, 0.1) is 0 Å². The number of hydrogen-bond donors (Lipinski definition) is 1. The highest BCUT2D eigenvalue weighted by atomic mass is 32.1. The summed E-state index contributed by atoms with van der Waals surface area (Å²) in [7, 11) is 2.22. The van der Waals surface area contributed by atoms with E-state index in [4.69, 9.17) is 0 Å². The van der Waals surface area contributed by atoms with Gasteiger partial charge >= 0.3 is 0 Å². The van der Waals surface area contributed by atoms with Gasteiger partial charge < -0.3 is 5.32 Å². The van der Waals surface area contributed by atoms with Crippen molar-refractivity contribution in [3.63, 3.8) is 0 Å². The smallest absolute Gasteiger partial charge is 0.0410 e. The van der Waals surface area contributed by atoms with E-state index in [0.29, 0.717) is 6.04 Å². The summed E-state index contributed by atoms with van der Waals surface area (Å²) in [6.07, 6.45) is 0. The number of thiophene rings is 1. The molecule has 0 spiro atoms. The van der Waals surface area contributed by atoms with Crippen LogP contribution in [0.5, 0.6) is 0 Å². The van der Waals surface area contributed by atoms with Crippen molar-refractivity contribution in [1.29, 1.82) is 0 Å². The maximum atomic E-state index is 3.32. The van der Waals surface area contributed by atoms with Crippen LogP contribution in [0.15, 0.2) is 17.5 Å². The molecule has 0 saturated carbocycles. The first-order valence-electron chi connectivity index (χ1n) is 5.21. The Morgan fingerprint density at radius 3 is 2.93 bits per heavy atom. The van der Waals surface area contributed by atoms with E-state index in [1.165, 1.54) is 24.5 Å². The Bertz CT molecular complexity index is 267.